The van der Waals surface area contributed by atoms with E-state index in [1.54, 1.807) is 0 Å². The number of hydrogen-bond acceptors (Lipinski definition) is 3. The number of hydrogen-bond donors (Lipinski definition) is 1. The molecule has 0 aliphatic heterocycles. The minimum Gasteiger partial charge on any atom is -0.417 e. The predicted molar refractivity (Wildman–Crippen MR) is 88.2 cm³/mol. The molecule has 0 atom stereocenters. The van der Waals surface area contributed by atoms with Crippen molar-refractivity contribution >= 4 is 29.9 Å². The molecular formula is C14H25BrN2OSi. The second-order valence-electron chi connectivity index (χ2n) is 6.26. The first kappa shape index (κ1) is 16.7. The molecule has 1 rings (SSSR count). The van der Waals surface area contributed by atoms with Crippen molar-refractivity contribution in [2.45, 2.75) is 45.3 Å². The molecule has 0 saturated heterocycles. The Bertz CT molecular complexity index is 387. The van der Waals surface area contributed by atoms with Crippen LogP contribution in [0, 0.1) is 0 Å². The SMILES string of the molecule is CC(C)(C)[Si](C)(C)OCCCNc1ccc(Br)nc1. The highest BCUT2D eigenvalue weighted by Crippen LogP contribution is 2.36. The number of anilines is 1. The Morgan fingerprint density at radius 2 is 2.00 bits per heavy atom. The van der Waals surface area contributed by atoms with Crippen molar-refractivity contribution < 1.29 is 4.43 Å². The van der Waals surface area contributed by atoms with Crippen LogP contribution in [0.5, 0.6) is 0 Å². The fourth-order valence-corrected chi connectivity index (χ4v) is 2.65. The largest absolute Gasteiger partial charge is 0.417 e. The molecule has 0 spiro atoms. The molecule has 0 unspecified atom stereocenters. The molecule has 0 bridgehead atoms. The maximum atomic E-state index is 6.13. The molecule has 0 fully saturated rings. The molecule has 0 amide bonds. The lowest BCUT2D eigenvalue weighted by atomic mass is 10.2. The van der Waals surface area contributed by atoms with Gasteiger partial charge in [0, 0.05) is 13.2 Å². The monoisotopic (exact) mass is 344 g/mol. The van der Waals surface area contributed by atoms with Crippen molar-refractivity contribution in [2.24, 2.45) is 0 Å². The summed E-state index contributed by atoms with van der Waals surface area (Å²) in [7, 11) is -1.59. The molecule has 0 saturated carbocycles. The zero-order chi connectivity index (χ0) is 14.5. The number of rotatable bonds is 6. The van der Waals surface area contributed by atoms with Gasteiger partial charge in [-0.05, 0) is 52.6 Å². The van der Waals surface area contributed by atoms with E-state index < -0.39 is 8.32 Å². The van der Waals surface area contributed by atoms with Crippen LogP contribution in [0.1, 0.15) is 27.2 Å². The van der Waals surface area contributed by atoms with Gasteiger partial charge in [0.1, 0.15) is 4.60 Å². The molecule has 0 aliphatic rings. The first-order valence-electron chi connectivity index (χ1n) is 6.72. The Hall–Kier alpha value is -0.393. The van der Waals surface area contributed by atoms with Gasteiger partial charge in [0.05, 0.1) is 11.9 Å². The Balaban J connectivity index is 2.23. The van der Waals surface area contributed by atoms with Crippen molar-refractivity contribution in [3.8, 4) is 0 Å². The summed E-state index contributed by atoms with van der Waals surface area (Å²) in [4.78, 5) is 4.18. The number of nitrogens with one attached hydrogen (secondary N) is 1. The third kappa shape index (κ3) is 5.63. The van der Waals surface area contributed by atoms with Crippen LogP contribution >= 0.6 is 15.9 Å². The molecule has 1 aromatic heterocycles. The zero-order valence-corrected chi connectivity index (χ0v) is 15.2. The molecule has 1 heterocycles. The Labute approximate surface area is 126 Å². The van der Waals surface area contributed by atoms with Gasteiger partial charge in [-0.15, -0.1) is 0 Å². The summed E-state index contributed by atoms with van der Waals surface area (Å²) < 4.78 is 6.99. The van der Waals surface area contributed by atoms with E-state index in [0.29, 0.717) is 0 Å². The van der Waals surface area contributed by atoms with Crippen LogP contribution in [0.3, 0.4) is 0 Å². The van der Waals surface area contributed by atoms with Gasteiger partial charge in [-0.25, -0.2) is 4.98 Å². The summed E-state index contributed by atoms with van der Waals surface area (Å²) in [5.74, 6) is 0. The third-order valence-corrected chi connectivity index (χ3v) is 8.65. The van der Waals surface area contributed by atoms with Gasteiger partial charge in [-0.2, -0.15) is 0 Å². The first-order chi connectivity index (χ1) is 8.72. The Morgan fingerprint density at radius 3 is 2.53 bits per heavy atom. The fraction of sp³-hybridized carbons (Fsp3) is 0.643. The molecule has 0 aliphatic carbocycles. The molecule has 5 heteroatoms. The molecular weight excluding hydrogens is 320 g/mol. The topological polar surface area (TPSA) is 34.1 Å². The second kappa shape index (κ2) is 6.86. The number of halogens is 1. The van der Waals surface area contributed by atoms with Gasteiger partial charge in [0.15, 0.2) is 8.32 Å². The normalized spacial score (nSPS) is 12.5. The van der Waals surface area contributed by atoms with Crippen LogP contribution < -0.4 is 5.32 Å². The van der Waals surface area contributed by atoms with E-state index in [-0.39, 0.29) is 5.04 Å². The lowest BCUT2D eigenvalue weighted by molar-refractivity contribution is 0.286. The van der Waals surface area contributed by atoms with Crippen LogP contribution in [0.25, 0.3) is 0 Å². The van der Waals surface area contributed by atoms with Gasteiger partial charge in [-0.1, -0.05) is 20.8 Å². The van der Waals surface area contributed by atoms with E-state index in [9.17, 15) is 0 Å². The van der Waals surface area contributed by atoms with Crippen LogP contribution in [0.4, 0.5) is 5.69 Å². The predicted octanol–water partition coefficient (Wildman–Crippen LogP) is 4.67. The van der Waals surface area contributed by atoms with Crippen molar-refractivity contribution in [3.05, 3.63) is 22.9 Å². The summed E-state index contributed by atoms with van der Waals surface area (Å²) in [5, 5.41) is 3.64. The summed E-state index contributed by atoms with van der Waals surface area (Å²) >= 11 is 3.32. The minimum absolute atomic E-state index is 0.288. The van der Waals surface area contributed by atoms with E-state index in [1.165, 1.54) is 0 Å². The maximum absolute atomic E-state index is 6.13. The highest BCUT2D eigenvalue weighted by Gasteiger charge is 2.36. The first-order valence-corrected chi connectivity index (χ1v) is 10.4. The standard InChI is InChI=1S/C14H25BrN2OSi/c1-14(2,3)19(4,5)18-10-6-9-16-12-7-8-13(15)17-11-12/h7-8,11,16H,6,9-10H2,1-5H3. The number of nitrogens with zero attached hydrogens (tertiary/aromatic N) is 1. The van der Waals surface area contributed by atoms with Gasteiger partial charge >= 0.3 is 0 Å². The van der Waals surface area contributed by atoms with Gasteiger partial charge < -0.3 is 9.74 Å². The molecule has 1 aromatic rings. The summed E-state index contributed by atoms with van der Waals surface area (Å²) in [6.45, 7) is 13.1. The zero-order valence-electron chi connectivity index (χ0n) is 12.6. The Morgan fingerprint density at radius 1 is 1.32 bits per heavy atom. The highest BCUT2D eigenvalue weighted by molar-refractivity contribution is 9.10. The lowest BCUT2D eigenvalue weighted by Crippen LogP contribution is -2.41. The van der Waals surface area contributed by atoms with Crippen LogP contribution in [-0.4, -0.2) is 26.5 Å². The quantitative estimate of drug-likeness (QED) is 0.462. The molecule has 108 valence electrons. The highest BCUT2D eigenvalue weighted by atomic mass is 79.9. The average Bonchev–Trinajstić information content (AvgIpc) is 2.29. The number of aromatic nitrogens is 1. The van der Waals surface area contributed by atoms with Crippen LogP contribution in [0.2, 0.25) is 18.1 Å². The summed E-state index contributed by atoms with van der Waals surface area (Å²) in [5.41, 5.74) is 1.05. The van der Waals surface area contributed by atoms with E-state index >= 15 is 0 Å². The Kier molecular flexibility index (Phi) is 6.01. The number of pyridine rings is 1. The maximum Gasteiger partial charge on any atom is 0.191 e. The van der Waals surface area contributed by atoms with Crippen molar-refractivity contribution in [3.63, 3.8) is 0 Å². The van der Waals surface area contributed by atoms with E-state index in [1.807, 2.05) is 18.3 Å². The minimum atomic E-state index is -1.59. The fourth-order valence-electron chi connectivity index (χ4n) is 1.33. The molecule has 1 N–H and O–H groups in total. The van der Waals surface area contributed by atoms with Crippen LogP contribution in [-0.2, 0) is 4.43 Å². The summed E-state index contributed by atoms with van der Waals surface area (Å²) in [6.07, 6.45) is 2.85. The van der Waals surface area contributed by atoms with E-state index in [4.69, 9.17) is 4.43 Å². The molecule has 19 heavy (non-hydrogen) atoms. The van der Waals surface area contributed by atoms with Gasteiger partial charge in [0.2, 0.25) is 0 Å². The van der Waals surface area contributed by atoms with E-state index in [2.05, 4.69) is 60.1 Å². The van der Waals surface area contributed by atoms with Gasteiger partial charge in [-0.3, -0.25) is 0 Å². The van der Waals surface area contributed by atoms with Crippen molar-refractivity contribution in [1.29, 1.82) is 0 Å². The van der Waals surface area contributed by atoms with Gasteiger partial charge in [0.25, 0.3) is 0 Å². The molecule has 3 nitrogen and oxygen atoms in total. The van der Waals surface area contributed by atoms with Crippen molar-refractivity contribution in [1.82, 2.24) is 4.98 Å². The van der Waals surface area contributed by atoms with E-state index in [0.717, 1.165) is 29.9 Å². The average molecular weight is 345 g/mol. The second-order valence-corrected chi connectivity index (χ2v) is 11.9. The summed E-state index contributed by atoms with van der Waals surface area (Å²) in [6, 6.07) is 3.96. The lowest BCUT2D eigenvalue weighted by Gasteiger charge is -2.36. The third-order valence-electron chi connectivity index (χ3n) is 3.65. The van der Waals surface area contributed by atoms with Crippen molar-refractivity contribution in [2.75, 3.05) is 18.5 Å². The molecule has 0 radical (unpaired) electrons. The van der Waals surface area contributed by atoms with Crippen LogP contribution in [0.15, 0.2) is 22.9 Å². The smallest absolute Gasteiger partial charge is 0.191 e. The molecule has 0 aromatic carbocycles.